The Morgan fingerprint density at radius 1 is 1.22 bits per heavy atom. The fourth-order valence-electron chi connectivity index (χ4n) is 1.13. The number of rotatable bonds is 3. The van der Waals surface area contributed by atoms with E-state index in [4.69, 9.17) is 5.11 Å². The van der Waals surface area contributed by atoms with Crippen LogP contribution in [0.2, 0.25) is 0 Å². The SMILES string of the molecule is CC(C)(O)C(=O)[O-].C[N+](C)(C)Cc1ccccc1. The van der Waals surface area contributed by atoms with Crippen molar-refractivity contribution in [1.82, 2.24) is 0 Å². The number of hydrogen-bond donors (Lipinski definition) is 1. The van der Waals surface area contributed by atoms with Gasteiger partial charge in [0.2, 0.25) is 0 Å². The Balaban J connectivity index is 0.000000360. The van der Waals surface area contributed by atoms with Crippen LogP contribution in [0.4, 0.5) is 0 Å². The van der Waals surface area contributed by atoms with Crippen molar-refractivity contribution in [2.24, 2.45) is 0 Å². The molecule has 18 heavy (non-hydrogen) atoms. The molecule has 0 aliphatic carbocycles. The van der Waals surface area contributed by atoms with Gasteiger partial charge >= 0.3 is 0 Å². The van der Waals surface area contributed by atoms with E-state index in [0.29, 0.717) is 0 Å². The van der Waals surface area contributed by atoms with E-state index >= 15 is 0 Å². The largest absolute Gasteiger partial charge is 0.547 e. The number of aliphatic carboxylic acids is 1. The minimum atomic E-state index is -1.69. The second-order valence-electron chi connectivity index (χ2n) is 5.78. The van der Waals surface area contributed by atoms with Crippen LogP contribution in [0.15, 0.2) is 30.3 Å². The van der Waals surface area contributed by atoms with E-state index in [1.165, 1.54) is 5.56 Å². The normalized spacial score (nSPS) is 11.4. The Kier molecular flexibility index (Phi) is 6.01. The molecule has 0 radical (unpaired) electrons. The standard InChI is InChI=1S/C10H16N.C4H8O3/c1-11(2,3)9-10-7-5-4-6-8-10;1-4(2,7)3(5)6/h4-8H,9H2,1-3H3;7H,1-2H3,(H,5,6)/q+1;/p-1. The van der Waals surface area contributed by atoms with Gasteiger partial charge in [-0.15, -0.1) is 0 Å². The highest BCUT2D eigenvalue weighted by atomic mass is 16.4. The zero-order chi connectivity index (χ0) is 14.4. The maximum atomic E-state index is 9.66. The molecule has 0 spiro atoms. The van der Waals surface area contributed by atoms with Gasteiger partial charge in [-0.1, -0.05) is 30.3 Å². The maximum Gasteiger partial charge on any atom is 0.104 e. The molecule has 0 aromatic heterocycles. The second-order valence-corrected chi connectivity index (χ2v) is 5.78. The lowest BCUT2D eigenvalue weighted by molar-refractivity contribution is -0.884. The van der Waals surface area contributed by atoms with Crippen molar-refractivity contribution >= 4 is 5.97 Å². The summed E-state index contributed by atoms with van der Waals surface area (Å²) in [5, 5.41) is 18.1. The molecule has 1 aromatic carbocycles. The van der Waals surface area contributed by atoms with Gasteiger partial charge in [-0.05, 0) is 13.8 Å². The van der Waals surface area contributed by atoms with E-state index in [2.05, 4.69) is 51.5 Å². The van der Waals surface area contributed by atoms with Crippen molar-refractivity contribution in [3.63, 3.8) is 0 Å². The predicted molar refractivity (Wildman–Crippen MR) is 69.5 cm³/mol. The zero-order valence-electron chi connectivity index (χ0n) is 11.8. The number of benzene rings is 1. The number of carbonyl (C=O) groups is 1. The van der Waals surface area contributed by atoms with Gasteiger partial charge in [0.05, 0.1) is 32.7 Å². The number of carbonyl (C=O) groups excluding carboxylic acids is 1. The minimum Gasteiger partial charge on any atom is -0.547 e. The first kappa shape index (κ1) is 16.6. The van der Waals surface area contributed by atoms with Crippen LogP contribution in [-0.2, 0) is 11.3 Å². The van der Waals surface area contributed by atoms with Gasteiger partial charge in [-0.25, -0.2) is 0 Å². The van der Waals surface area contributed by atoms with E-state index in [9.17, 15) is 9.90 Å². The molecule has 4 nitrogen and oxygen atoms in total. The van der Waals surface area contributed by atoms with Gasteiger partial charge in [0.1, 0.15) is 6.54 Å². The molecule has 0 atom stereocenters. The summed E-state index contributed by atoms with van der Waals surface area (Å²) in [5.74, 6) is -1.45. The highest BCUT2D eigenvalue weighted by Gasteiger charge is 2.11. The summed E-state index contributed by atoms with van der Waals surface area (Å²) < 4.78 is 0.990. The first-order valence-corrected chi connectivity index (χ1v) is 5.80. The monoisotopic (exact) mass is 253 g/mol. The second kappa shape index (κ2) is 6.52. The molecule has 1 rings (SSSR count). The first-order chi connectivity index (χ1) is 8.02. The Labute approximate surface area is 109 Å². The molecular formula is C14H23NO3. The summed E-state index contributed by atoms with van der Waals surface area (Å²) in [7, 11) is 6.60. The Bertz CT molecular complexity index is 361. The number of nitrogens with zero attached hydrogens (tertiary/aromatic N) is 1. The van der Waals surface area contributed by atoms with E-state index in [1.54, 1.807) is 0 Å². The highest BCUT2D eigenvalue weighted by molar-refractivity contribution is 5.73. The fraction of sp³-hybridized carbons (Fsp3) is 0.500. The van der Waals surface area contributed by atoms with Crippen LogP contribution in [0.25, 0.3) is 0 Å². The molecule has 0 unspecified atom stereocenters. The zero-order valence-corrected chi connectivity index (χ0v) is 11.8. The fourth-order valence-corrected chi connectivity index (χ4v) is 1.13. The van der Waals surface area contributed by atoms with Crippen LogP contribution >= 0.6 is 0 Å². The van der Waals surface area contributed by atoms with Crippen molar-refractivity contribution < 1.29 is 19.5 Å². The van der Waals surface area contributed by atoms with Gasteiger partial charge < -0.3 is 19.5 Å². The van der Waals surface area contributed by atoms with E-state index in [-0.39, 0.29) is 0 Å². The number of aliphatic hydroxyl groups is 1. The van der Waals surface area contributed by atoms with Gasteiger partial charge in [0.25, 0.3) is 0 Å². The summed E-state index contributed by atoms with van der Waals surface area (Å²) in [4.78, 5) is 9.66. The third-order valence-corrected chi connectivity index (χ3v) is 2.00. The lowest BCUT2D eigenvalue weighted by Gasteiger charge is -2.23. The molecule has 102 valence electrons. The first-order valence-electron chi connectivity index (χ1n) is 5.80. The van der Waals surface area contributed by atoms with Crippen LogP contribution in [-0.4, -0.2) is 42.3 Å². The molecule has 4 heteroatoms. The van der Waals surface area contributed by atoms with Crippen LogP contribution in [0, 0.1) is 0 Å². The molecule has 0 fully saturated rings. The third-order valence-electron chi connectivity index (χ3n) is 2.00. The predicted octanol–water partition coefficient (Wildman–Crippen LogP) is 0.400. The Morgan fingerprint density at radius 2 is 1.61 bits per heavy atom. The number of carboxylic acids is 1. The van der Waals surface area contributed by atoms with E-state index in [1.807, 2.05) is 0 Å². The Morgan fingerprint density at radius 3 is 1.89 bits per heavy atom. The van der Waals surface area contributed by atoms with Crippen molar-refractivity contribution in [1.29, 1.82) is 0 Å². The summed E-state index contributed by atoms with van der Waals surface area (Å²) in [5.41, 5.74) is -0.292. The van der Waals surface area contributed by atoms with Crippen molar-refractivity contribution in [3.8, 4) is 0 Å². The summed E-state index contributed by atoms with van der Waals surface area (Å²) in [6.07, 6.45) is 0. The van der Waals surface area contributed by atoms with Crippen molar-refractivity contribution in [3.05, 3.63) is 35.9 Å². The third kappa shape index (κ3) is 8.73. The van der Waals surface area contributed by atoms with Crippen molar-refractivity contribution in [2.45, 2.75) is 26.0 Å². The molecule has 0 heterocycles. The summed E-state index contributed by atoms with van der Waals surface area (Å²) in [6, 6.07) is 10.6. The molecule has 1 aromatic rings. The van der Waals surface area contributed by atoms with Gasteiger partial charge in [-0.3, -0.25) is 0 Å². The molecule has 0 bridgehead atoms. The van der Waals surface area contributed by atoms with Gasteiger partial charge in [-0.2, -0.15) is 0 Å². The van der Waals surface area contributed by atoms with Crippen LogP contribution in [0.5, 0.6) is 0 Å². The van der Waals surface area contributed by atoms with E-state index in [0.717, 1.165) is 24.9 Å². The maximum absolute atomic E-state index is 9.66. The number of carboxylic acid groups (broad SMARTS) is 1. The van der Waals surface area contributed by atoms with E-state index < -0.39 is 11.6 Å². The van der Waals surface area contributed by atoms with Crippen LogP contribution in [0.1, 0.15) is 19.4 Å². The van der Waals surface area contributed by atoms with Crippen LogP contribution in [0.3, 0.4) is 0 Å². The molecule has 0 saturated heterocycles. The topological polar surface area (TPSA) is 60.4 Å². The summed E-state index contributed by atoms with van der Waals surface area (Å²) >= 11 is 0. The molecule has 0 aliphatic heterocycles. The lowest BCUT2D eigenvalue weighted by Crippen LogP contribution is -2.43. The smallest absolute Gasteiger partial charge is 0.104 e. The van der Waals surface area contributed by atoms with Gasteiger partial charge in [0.15, 0.2) is 0 Å². The number of quaternary nitrogens is 1. The Hall–Kier alpha value is -1.39. The lowest BCUT2D eigenvalue weighted by atomic mass is 10.1. The highest BCUT2D eigenvalue weighted by Crippen LogP contribution is 2.05. The minimum absolute atomic E-state index is 0.990. The van der Waals surface area contributed by atoms with Gasteiger partial charge in [0, 0.05) is 5.56 Å². The molecular weight excluding hydrogens is 230 g/mol. The quantitative estimate of drug-likeness (QED) is 0.793. The van der Waals surface area contributed by atoms with Crippen molar-refractivity contribution in [2.75, 3.05) is 21.1 Å². The summed E-state index contributed by atoms with van der Waals surface area (Å²) in [6.45, 7) is 3.41. The van der Waals surface area contributed by atoms with Crippen LogP contribution < -0.4 is 5.11 Å². The molecule has 0 saturated carbocycles. The molecule has 1 N–H and O–H groups in total. The number of hydrogen-bond acceptors (Lipinski definition) is 3. The average Bonchev–Trinajstić information content (AvgIpc) is 2.15. The molecule has 0 amide bonds. The average molecular weight is 253 g/mol. The molecule has 0 aliphatic rings.